The fourth-order valence-corrected chi connectivity index (χ4v) is 3.94. The molecule has 0 aromatic carbocycles. The molecule has 1 aromatic rings. The highest BCUT2D eigenvalue weighted by Gasteiger charge is 2.27. The third-order valence-electron chi connectivity index (χ3n) is 5.90. The number of piperazine rings is 1. The van der Waals surface area contributed by atoms with Gasteiger partial charge in [0.15, 0.2) is 5.82 Å². The number of aryl methyl sites for hydroxylation is 1. The minimum Gasteiger partial charge on any atom is -0.340 e. The maximum absolute atomic E-state index is 12.6. The summed E-state index contributed by atoms with van der Waals surface area (Å²) in [6, 6.07) is 0.350. The van der Waals surface area contributed by atoms with Crippen molar-refractivity contribution in [3.8, 4) is 0 Å². The zero-order valence-corrected chi connectivity index (χ0v) is 18.3. The second-order valence-electron chi connectivity index (χ2n) is 9.35. The number of nitrogens with zero attached hydrogens (tertiary/aromatic N) is 5. The predicted octanol–water partition coefficient (Wildman–Crippen LogP) is 1.84. The fourth-order valence-electron chi connectivity index (χ4n) is 3.94. The molecule has 162 valence electrons. The van der Waals surface area contributed by atoms with E-state index in [2.05, 4.69) is 22.0 Å². The average Bonchev–Trinajstić information content (AvgIpc) is 3.16. The number of likely N-dealkylation sites (tertiary alicyclic amines) is 1. The van der Waals surface area contributed by atoms with Gasteiger partial charge in [0.05, 0.1) is 6.54 Å². The van der Waals surface area contributed by atoms with Gasteiger partial charge in [-0.3, -0.25) is 14.5 Å². The van der Waals surface area contributed by atoms with Crippen LogP contribution in [0.4, 0.5) is 0 Å². The second-order valence-corrected chi connectivity index (χ2v) is 9.35. The Labute approximate surface area is 173 Å². The van der Waals surface area contributed by atoms with Gasteiger partial charge < -0.3 is 14.3 Å². The molecule has 2 fully saturated rings. The number of piperidine rings is 1. The molecule has 3 rings (SSSR count). The average molecular weight is 406 g/mol. The van der Waals surface area contributed by atoms with Gasteiger partial charge in [0, 0.05) is 57.0 Å². The van der Waals surface area contributed by atoms with E-state index in [4.69, 9.17) is 4.52 Å². The van der Waals surface area contributed by atoms with E-state index in [1.807, 2.05) is 30.6 Å². The summed E-state index contributed by atoms with van der Waals surface area (Å²) in [6.45, 7) is 12.4. The highest BCUT2D eigenvalue weighted by molar-refractivity contribution is 5.79. The Morgan fingerprint density at radius 1 is 1.07 bits per heavy atom. The molecule has 1 atom stereocenters. The largest absolute Gasteiger partial charge is 0.340 e. The van der Waals surface area contributed by atoms with E-state index in [0.717, 1.165) is 32.5 Å². The highest BCUT2D eigenvalue weighted by Crippen LogP contribution is 2.19. The second kappa shape index (κ2) is 9.24. The lowest BCUT2D eigenvalue weighted by atomic mass is 9.96. The Balaban J connectivity index is 1.40. The van der Waals surface area contributed by atoms with E-state index in [1.165, 1.54) is 6.42 Å². The number of hydrogen-bond donors (Lipinski definition) is 0. The lowest BCUT2D eigenvalue weighted by molar-refractivity contribution is -0.137. The molecule has 2 saturated heterocycles. The zero-order valence-electron chi connectivity index (χ0n) is 18.3. The van der Waals surface area contributed by atoms with E-state index in [-0.39, 0.29) is 17.2 Å². The third-order valence-corrected chi connectivity index (χ3v) is 5.90. The van der Waals surface area contributed by atoms with Crippen molar-refractivity contribution in [2.75, 3.05) is 39.3 Å². The van der Waals surface area contributed by atoms with Crippen LogP contribution in [0.25, 0.3) is 0 Å². The summed E-state index contributed by atoms with van der Waals surface area (Å²) in [7, 11) is 0. The van der Waals surface area contributed by atoms with Crippen LogP contribution in [0.15, 0.2) is 4.52 Å². The van der Waals surface area contributed by atoms with Crippen LogP contribution in [0, 0.1) is 0 Å². The summed E-state index contributed by atoms with van der Waals surface area (Å²) >= 11 is 0. The number of amides is 2. The normalized spacial score (nSPS) is 21.4. The molecule has 2 aliphatic rings. The van der Waals surface area contributed by atoms with E-state index in [0.29, 0.717) is 50.2 Å². The van der Waals surface area contributed by atoms with Gasteiger partial charge in [-0.25, -0.2) is 0 Å². The van der Waals surface area contributed by atoms with Gasteiger partial charge in [0.1, 0.15) is 0 Å². The topological polar surface area (TPSA) is 82.8 Å². The molecule has 3 heterocycles. The predicted molar refractivity (Wildman–Crippen MR) is 109 cm³/mol. The number of hydrogen-bond acceptors (Lipinski definition) is 6. The van der Waals surface area contributed by atoms with E-state index in [9.17, 15) is 9.59 Å². The van der Waals surface area contributed by atoms with Crippen LogP contribution in [0.3, 0.4) is 0 Å². The maximum Gasteiger partial charge on any atom is 0.236 e. The molecule has 2 amide bonds. The molecule has 8 nitrogen and oxygen atoms in total. The molecular weight excluding hydrogens is 370 g/mol. The van der Waals surface area contributed by atoms with Crippen LogP contribution < -0.4 is 0 Å². The van der Waals surface area contributed by atoms with Crippen LogP contribution in [-0.2, 0) is 21.4 Å². The minimum atomic E-state index is -0.161. The van der Waals surface area contributed by atoms with Crippen molar-refractivity contribution >= 4 is 11.8 Å². The van der Waals surface area contributed by atoms with Crippen LogP contribution in [0.1, 0.15) is 65.1 Å². The molecule has 1 aromatic heterocycles. The van der Waals surface area contributed by atoms with Gasteiger partial charge in [0.2, 0.25) is 17.7 Å². The summed E-state index contributed by atoms with van der Waals surface area (Å²) in [4.78, 5) is 35.6. The Morgan fingerprint density at radius 3 is 2.41 bits per heavy atom. The van der Waals surface area contributed by atoms with Crippen LogP contribution >= 0.6 is 0 Å². The van der Waals surface area contributed by atoms with Crippen molar-refractivity contribution in [3.63, 3.8) is 0 Å². The lowest BCUT2D eigenvalue weighted by Gasteiger charge is -2.38. The lowest BCUT2D eigenvalue weighted by Crippen LogP contribution is -2.53. The minimum absolute atomic E-state index is 0.108. The van der Waals surface area contributed by atoms with Crippen molar-refractivity contribution in [2.45, 2.75) is 71.3 Å². The summed E-state index contributed by atoms with van der Waals surface area (Å²) in [5, 5.41) is 4.01. The quantitative estimate of drug-likeness (QED) is 0.743. The first kappa shape index (κ1) is 21.7. The van der Waals surface area contributed by atoms with Gasteiger partial charge in [-0.15, -0.1) is 0 Å². The van der Waals surface area contributed by atoms with Crippen molar-refractivity contribution in [3.05, 3.63) is 11.7 Å². The number of carbonyl (C=O) groups is 2. The van der Waals surface area contributed by atoms with Crippen molar-refractivity contribution in [2.24, 2.45) is 0 Å². The first-order valence-corrected chi connectivity index (χ1v) is 10.9. The first-order valence-electron chi connectivity index (χ1n) is 10.9. The Hall–Kier alpha value is -1.96. The number of aromatic nitrogens is 2. The summed E-state index contributed by atoms with van der Waals surface area (Å²) in [5.41, 5.74) is -0.161. The van der Waals surface area contributed by atoms with Crippen molar-refractivity contribution in [1.82, 2.24) is 24.8 Å². The van der Waals surface area contributed by atoms with Gasteiger partial charge in [0.25, 0.3) is 0 Å². The Kier molecular flexibility index (Phi) is 6.93. The zero-order chi connectivity index (χ0) is 21.0. The summed E-state index contributed by atoms with van der Waals surface area (Å²) in [6.07, 6.45) is 4.26. The van der Waals surface area contributed by atoms with Crippen LogP contribution in [0.2, 0.25) is 0 Å². The van der Waals surface area contributed by atoms with Crippen LogP contribution in [0.5, 0.6) is 0 Å². The molecule has 0 aliphatic carbocycles. The molecule has 0 radical (unpaired) electrons. The van der Waals surface area contributed by atoms with Crippen LogP contribution in [-0.4, -0.2) is 82.0 Å². The SMILES string of the molecule is CC1CCCCN1C(=O)CN1CCN(C(=O)CCc2nc(C(C)(C)C)no2)CC1. The summed E-state index contributed by atoms with van der Waals surface area (Å²) in [5.74, 6) is 1.52. The third kappa shape index (κ3) is 5.78. The van der Waals surface area contributed by atoms with E-state index < -0.39 is 0 Å². The van der Waals surface area contributed by atoms with E-state index >= 15 is 0 Å². The maximum atomic E-state index is 12.6. The first-order chi connectivity index (χ1) is 13.7. The Bertz CT molecular complexity index is 703. The van der Waals surface area contributed by atoms with Crippen molar-refractivity contribution < 1.29 is 14.1 Å². The summed E-state index contributed by atoms with van der Waals surface area (Å²) < 4.78 is 5.27. The van der Waals surface area contributed by atoms with Gasteiger partial charge >= 0.3 is 0 Å². The Morgan fingerprint density at radius 2 is 1.79 bits per heavy atom. The smallest absolute Gasteiger partial charge is 0.236 e. The molecule has 8 heteroatoms. The van der Waals surface area contributed by atoms with Gasteiger partial charge in [-0.2, -0.15) is 4.98 Å². The van der Waals surface area contributed by atoms with Crippen molar-refractivity contribution in [1.29, 1.82) is 0 Å². The van der Waals surface area contributed by atoms with E-state index in [1.54, 1.807) is 0 Å². The molecule has 2 aliphatic heterocycles. The molecule has 0 bridgehead atoms. The monoisotopic (exact) mass is 405 g/mol. The highest BCUT2D eigenvalue weighted by atomic mass is 16.5. The number of rotatable bonds is 5. The fraction of sp³-hybridized carbons (Fsp3) is 0.810. The molecule has 1 unspecified atom stereocenters. The van der Waals surface area contributed by atoms with Gasteiger partial charge in [-0.05, 0) is 26.2 Å². The molecular formula is C21H35N5O3. The number of carbonyl (C=O) groups excluding carboxylic acids is 2. The molecule has 29 heavy (non-hydrogen) atoms. The molecule has 0 spiro atoms. The molecule has 0 N–H and O–H groups in total. The van der Waals surface area contributed by atoms with Gasteiger partial charge in [-0.1, -0.05) is 25.9 Å². The molecule has 0 saturated carbocycles. The standard InChI is InChI=1S/C21H35N5O3/c1-16-7-5-6-10-26(16)19(28)15-24-11-13-25(14-12-24)18(27)9-8-17-22-20(23-29-17)21(2,3)4/h16H,5-15H2,1-4H3.